The molecule has 162 valence electrons. The summed E-state index contributed by atoms with van der Waals surface area (Å²) in [7, 11) is 0. The van der Waals surface area contributed by atoms with Crippen LogP contribution in [0.1, 0.15) is 58.8 Å². The number of nitrogens with one attached hydrogen (secondary N) is 1. The van der Waals surface area contributed by atoms with Crippen LogP contribution in [0, 0.1) is 12.3 Å². The molecule has 31 heavy (non-hydrogen) atoms. The Morgan fingerprint density at radius 1 is 1.16 bits per heavy atom. The average Bonchev–Trinajstić information content (AvgIpc) is 3.21. The smallest absolute Gasteiger partial charge is 0.335 e. The van der Waals surface area contributed by atoms with Gasteiger partial charge in [-0.3, -0.25) is 4.90 Å². The first-order valence-electron chi connectivity index (χ1n) is 10.8. The molecule has 2 heterocycles. The van der Waals surface area contributed by atoms with E-state index < -0.39 is 11.9 Å². The summed E-state index contributed by atoms with van der Waals surface area (Å²) in [5, 5.41) is 10.4. The second kappa shape index (κ2) is 7.16. The highest BCUT2D eigenvalue weighted by molar-refractivity contribution is 5.87. The number of rotatable bonds is 4. The normalized spacial score (nSPS) is 22.5. The molecule has 2 N–H and O–H groups in total. The van der Waals surface area contributed by atoms with E-state index in [-0.39, 0.29) is 29.9 Å². The molecule has 2 aliphatic rings. The van der Waals surface area contributed by atoms with Gasteiger partial charge in [-0.1, -0.05) is 24.3 Å². The number of piperidine rings is 1. The molecular formula is C25H26F2N2O2. The topological polar surface area (TPSA) is 56.3 Å². The lowest BCUT2D eigenvalue weighted by Gasteiger charge is -2.54. The highest BCUT2D eigenvalue weighted by atomic mass is 19.3. The summed E-state index contributed by atoms with van der Waals surface area (Å²) in [6.07, 6.45) is 3.32. The standard InChI is InChI=1S/C25H26F2N2O2/c1-16-2-3-19(20-8-10-28-22(16)20)13-29-11-9-24(14-25(26,27)15-24)12-21(29)17-4-6-18(7-5-17)23(30)31/h2-8,10,21,28H,9,11-15H2,1H3,(H,30,31)/t21-/m0/s1. The van der Waals surface area contributed by atoms with Gasteiger partial charge in [0.2, 0.25) is 5.92 Å². The molecular weight excluding hydrogens is 398 g/mol. The number of hydrogen-bond acceptors (Lipinski definition) is 2. The van der Waals surface area contributed by atoms with Crippen molar-refractivity contribution in [2.45, 2.75) is 51.1 Å². The van der Waals surface area contributed by atoms with Crippen molar-refractivity contribution in [3.63, 3.8) is 0 Å². The Bertz CT molecular complexity index is 1130. The Kier molecular flexibility index (Phi) is 4.66. The van der Waals surface area contributed by atoms with Crippen LogP contribution in [-0.2, 0) is 6.54 Å². The molecule has 2 fully saturated rings. The molecule has 4 nitrogen and oxygen atoms in total. The predicted molar refractivity (Wildman–Crippen MR) is 115 cm³/mol. The van der Waals surface area contributed by atoms with Gasteiger partial charge in [-0.2, -0.15) is 0 Å². The fourth-order valence-corrected chi connectivity index (χ4v) is 5.63. The van der Waals surface area contributed by atoms with E-state index in [9.17, 15) is 18.7 Å². The molecule has 1 aromatic heterocycles. The Balaban J connectivity index is 1.46. The van der Waals surface area contributed by atoms with E-state index in [0.29, 0.717) is 6.42 Å². The van der Waals surface area contributed by atoms with Crippen molar-refractivity contribution >= 4 is 16.9 Å². The number of aromatic nitrogens is 1. The van der Waals surface area contributed by atoms with E-state index in [1.165, 1.54) is 16.5 Å². The number of likely N-dealkylation sites (tertiary alicyclic amines) is 1. The second-order valence-electron chi connectivity index (χ2n) is 9.38. The van der Waals surface area contributed by atoms with Gasteiger partial charge in [0.25, 0.3) is 0 Å². The maximum Gasteiger partial charge on any atom is 0.335 e. The largest absolute Gasteiger partial charge is 0.478 e. The number of hydrogen-bond donors (Lipinski definition) is 2. The first kappa shape index (κ1) is 20.2. The van der Waals surface area contributed by atoms with Crippen LogP contribution in [0.5, 0.6) is 0 Å². The Morgan fingerprint density at radius 2 is 1.90 bits per heavy atom. The van der Waals surface area contributed by atoms with E-state index in [2.05, 4.69) is 35.0 Å². The molecule has 1 saturated heterocycles. The summed E-state index contributed by atoms with van der Waals surface area (Å²) in [5.74, 6) is -3.51. The summed E-state index contributed by atoms with van der Waals surface area (Å²) < 4.78 is 27.6. The highest BCUT2D eigenvalue weighted by Gasteiger charge is 2.58. The lowest BCUT2D eigenvalue weighted by Crippen LogP contribution is -2.53. The third kappa shape index (κ3) is 3.63. The summed E-state index contributed by atoms with van der Waals surface area (Å²) >= 11 is 0. The molecule has 2 aromatic carbocycles. The fourth-order valence-electron chi connectivity index (χ4n) is 5.63. The zero-order valence-corrected chi connectivity index (χ0v) is 17.5. The van der Waals surface area contributed by atoms with Crippen LogP contribution in [-0.4, -0.2) is 33.4 Å². The Hall–Kier alpha value is -2.73. The number of carbonyl (C=O) groups is 1. The molecule has 5 rings (SSSR count). The van der Waals surface area contributed by atoms with Crippen molar-refractivity contribution in [3.05, 3.63) is 70.9 Å². The van der Waals surface area contributed by atoms with Crippen molar-refractivity contribution in [2.75, 3.05) is 6.54 Å². The molecule has 1 saturated carbocycles. The number of benzene rings is 2. The van der Waals surface area contributed by atoms with Crippen LogP contribution in [0.2, 0.25) is 0 Å². The quantitative estimate of drug-likeness (QED) is 0.546. The highest BCUT2D eigenvalue weighted by Crippen LogP contribution is 2.60. The number of halogens is 2. The van der Waals surface area contributed by atoms with Gasteiger partial charge in [0.05, 0.1) is 5.56 Å². The SMILES string of the molecule is Cc1ccc(CN2CCC3(C[C@H]2c2ccc(C(=O)O)cc2)CC(F)(F)C3)c2cc[nH]c12. The molecule has 1 aliphatic carbocycles. The van der Waals surface area contributed by atoms with Gasteiger partial charge in [0.15, 0.2) is 0 Å². The molecule has 1 aliphatic heterocycles. The molecule has 0 radical (unpaired) electrons. The summed E-state index contributed by atoms with van der Waals surface area (Å²) in [4.78, 5) is 16.9. The van der Waals surface area contributed by atoms with E-state index in [4.69, 9.17) is 0 Å². The van der Waals surface area contributed by atoms with Gasteiger partial charge in [-0.25, -0.2) is 13.6 Å². The number of aryl methyl sites for hydroxylation is 1. The van der Waals surface area contributed by atoms with Gasteiger partial charge in [-0.05, 0) is 66.6 Å². The van der Waals surface area contributed by atoms with E-state index >= 15 is 0 Å². The number of carboxylic acids is 1. The number of alkyl halides is 2. The lowest BCUT2D eigenvalue weighted by molar-refractivity contribution is -0.186. The third-order valence-corrected chi connectivity index (χ3v) is 7.20. The van der Waals surface area contributed by atoms with Crippen LogP contribution in [0.25, 0.3) is 10.9 Å². The van der Waals surface area contributed by atoms with Crippen LogP contribution in [0.15, 0.2) is 48.7 Å². The predicted octanol–water partition coefficient (Wildman–Crippen LogP) is 5.93. The van der Waals surface area contributed by atoms with Crippen molar-refractivity contribution < 1.29 is 18.7 Å². The first-order valence-corrected chi connectivity index (χ1v) is 10.8. The number of aromatic amines is 1. The fraction of sp³-hybridized carbons (Fsp3) is 0.400. The van der Waals surface area contributed by atoms with Crippen LogP contribution >= 0.6 is 0 Å². The minimum absolute atomic E-state index is 0.0111. The zero-order valence-electron chi connectivity index (χ0n) is 17.5. The van der Waals surface area contributed by atoms with Gasteiger partial charge < -0.3 is 10.1 Å². The molecule has 6 heteroatoms. The molecule has 0 bridgehead atoms. The molecule has 1 spiro atoms. The van der Waals surface area contributed by atoms with Crippen molar-refractivity contribution in [1.29, 1.82) is 0 Å². The maximum absolute atomic E-state index is 13.8. The van der Waals surface area contributed by atoms with Gasteiger partial charge >= 0.3 is 5.97 Å². The monoisotopic (exact) mass is 424 g/mol. The Morgan fingerprint density at radius 3 is 2.58 bits per heavy atom. The average molecular weight is 424 g/mol. The molecule has 3 aromatic rings. The Labute approximate surface area is 179 Å². The van der Waals surface area contributed by atoms with Crippen molar-refractivity contribution in [2.24, 2.45) is 5.41 Å². The molecule has 0 amide bonds. The molecule has 1 atom stereocenters. The second-order valence-corrected chi connectivity index (χ2v) is 9.38. The number of nitrogens with zero attached hydrogens (tertiary/aromatic N) is 1. The summed E-state index contributed by atoms with van der Waals surface area (Å²) in [6, 6.07) is 13.3. The number of H-pyrrole nitrogens is 1. The van der Waals surface area contributed by atoms with Gasteiger partial charge in [0, 0.05) is 42.5 Å². The minimum atomic E-state index is -2.55. The zero-order chi connectivity index (χ0) is 21.8. The van der Waals surface area contributed by atoms with E-state index in [1.54, 1.807) is 12.1 Å². The summed E-state index contributed by atoms with van der Waals surface area (Å²) in [5.41, 5.74) is 4.46. The number of carboxylic acid groups (broad SMARTS) is 1. The lowest BCUT2D eigenvalue weighted by atomic mass is 9.59. The van der Waals surface area contributed by atoms with Crippen molar-refractivity contribution in [1.82, 2.24) is 9.88 Å². The number of aromatic carboxylic acids is 1. The van der Waals surface area contributed by atoms with Gasteiger partial charge in [0.1, 0.15) is 0 Å². The maximum atomic E-state index is 13.8. The van der Waals surface area contributed by atoms with Crippen LogP contribution in [0.3, 0.4) is 0 Å². The first-order chi connectivity index (χ1) is 14.8. The number of fused-ring (bicyclic) bond motifs is 1. The third-order valence-electron chi connectivity index (χ3n) is 7.20. The van der Waals surface area contributed by atoms with Crippen molar-refractivity contribution in [3.8, 4) is 0 Å². The van der Waals surface area contributed by atoms with Crippen LogP contribution < -0.4 is 0 Å². The van der Waals surface area contributed by atoms with E-state index in [1.807, 2.05) is 18.3 Å². The minimum Gasteiger partial charge on any atom is -0.478 e. The van der Waals surface area contributed by atoms with Gasteiger partial charge in [-0.15, -0.1) is 0 Å². The summed E-state index contributed by atoms with van der Waals surface area (Å²) in [6.45, 7) is 3.56. The molecule has 0 unspecified atom stereocenters. The van der Waals surface area contributed by atoms with E-state index in [0.717, 1.165) is 30.6 Å². The van der Waals surface area contributed by atoms with Crippen LogP contribution in [0.4, 0.5) is 8.78 Å².